The van der Waals surface area contributed by atoms with E-state index in [9.17, 15) is 4.79 Å². The van der Waals surface area contributed by atoms with E-state index in [0.29, 0.717) is 0 Å². The number of hydrogen-bond donors (Lipinski definition) is 2. The van der Waals surface area contributed by atoms with E-state index in [2.05, 4.69) is 5.32 Å². The van der Waals surface area contributed by atoms with Crippen LogP contribution in [0.3, 0.4) is 0 Å². The predicted molar refractivity (Wildman–Crippen MR) is 108 cm³/mol. The standard InChI is InChI=1S/C10H13NO2.C8H11NO.2CH4/c1-7-6-9(13-3)4-5-10(7)11-8(2)12;1-6-5-7(10-2)3-4-8(6)9;;/h4-6H,1-3H3,(H,11,12);3-5H,9H2,1-2H3;2*1H4. The Morgan fingerprint density at radius 2 is 1.40 bits per heavy atom. The first-order valence-electron chi connectivity index (χ1n) is 7.19. The van der Waals surface area contributed by atoms with Gasteiger partial charge >= 0.3 is 0 Å². The van der Waals surface area contributed by atoms with Gasteiger partial charge in [-0.15, -0.1) is 0 Å². The lowest BCUT2D eigenvalue weighted by molar-refractivity contribution is -0.114. The smallest absolute Gasteiger partial charge is 0.221 e. The molecule has 25 heavy (non-hydrogen) atoms. The number of rotatable bonds is 3. The summed E-state index contributed by atoms with van der Waals surface area (Å²) in [5, 5.41) is 2.73. The number of nitrogen functional groups attached to an aromatic ring is 1. The molecule has 0 saturated carbocycles. The number of nitrogens with one attached hydrogen (secondary N) is 1. The van der Waals surface area contributed by atoms with Crippen molar-refractivity contribution in [3.05, 3.63) is 47.5 Å². The molecule has 2 aromatic carbocycles. The summed E-state index contributed by atoms with van der Waals surface area (Å²) in [4.78, 5) is 10.8. The van der Waals surface area contributed by atoms with E-state index in [0.717, 1.165) is 34.0 Å². The average molecular weight is 348 g/mol. The number of ether oxygens (including phenoxy) is 2. The minimum absolute atomic E-state index is 0. The zero-order valence-corrected chi connectivity index (χ0v) is 14.3. The van der Waals surface area contributed by atoms with Crippen LogP contribution in [0.15, 0.2) is 36.4 Å². The number of amides is 1. The van der Waals surface area contributed by atoms with Crippen LogP contribution in [0.25, 0.3) is 0 Å². The second-order valence-corrected chi connectivity index (χ2v) is 5.08. The maximum Gasteiger partial charge on any atom is 0.221 e. The zero-order valence-electron chi connectivity index (χ0n) is 14.3. The van der Waals surface area contributed by atoms with E-state index >= 15 is 0 Å². The Bertz CT molecular complexity index is 670. The molecule has 0 aromatic heterocycles. The summed E-state index contributed by atoms with van der Waals surface area (Å²) >= 11 is 0. The van der Waals surface area contributed by atoms with Crippen molar-refractivity contribution in [3.8, 4) is 11.5 Å². The molecule has 0 bridgehead atoms. The van der Waals surface area contributed by atoms with E-state index in [1.54, 1.807) is 14.2 Å². The molecule has 140 valence electrons. The summed E-state index contributed by atoms with van der Waals surface area (Å²) in [5.41, 5.74) is 9.27. The molecule has 2 rings (SSSR count). The van der Waals surface area contributed by atoms with Crippen molar-refractivity contribution in [2.75, 3.05) is 25.3 Å². The number of carbonyl (C=O) groups is 1. The fourth-order valence-corrected chi connectivity index (χ4v) is 1.87. The lowest BCUT2D eigenvalue weighted by atomic mass is 10.2. The minimum Gasteiger partial charge on any atom is -0.497 e. The maximum atomic E-state index is 10.8. The van der Waals surface area contributed by atoms with Crippen molar-refractivity contribution in [2.24, 2.45) is 0 Å². The maximum absolute atomic E-state index is 10.8. The second kappa shape index (κ2) is 11.8. The highest BCUT2D eigenvalue weighted by Crippen LogP contribution is 2.20. The lowest BCUT2D eigenvalue weighted by Gasteiger charge is -2.07. The van der Waals surface area contributed by atoms with Crippen molar-refractivity contribution >= 4 is 17.3 Å². The van der Waals surface area contributed by atoms with Gasteiger partial charge in [-0.25, -0.2) is 0 Å². The molecule has 0 aliphatic rings. The Morgan fingerprint density at radius 3 is 1.80 bits per heavy atom. The monoisotopic (exact) mass is 348 g/mol. The van der Waals surface area contributed by atoms with Gasteiger partial charge in [0.05, 0.1) is 14.2 Å². The highest BCUT2D eigenvalue weighted by Gasteiger charge is 2.00. The van der Waals surface area contributed by atoms with Crippen LogP contribution in [-0.4, -0.2) is 20.1 Å². The summed E-state index contributed by atoms with van der Waals surface area (Å²) < 4.78 is 10.0. The molecule has 0 fully saturated rings. The van der Waals surface area contributed by atoms with E-state index in [4.69, 9.17) is 15.2 Å². The van der Waals surface area contributed by atoms with Crippen LogP contribution >= 0.6 is 0 Å². The van der Waals surface area contributed by atoms with Gasteiger partial charge in [-0.05, 0) is 61.4 Å². The van der Waals surface area contributed by atoms with Crippen molar-refractivity contribution in [3.63, 3.8) is 0 Å². The summed E-state index contributed by atoms with van der Waals surface area (Å²) in [6.07, 6.45) is 0. The molecule has 2 aromatic rings. The van der Waals surface area contributed by atoms with Gasteiger partial charge in [0, 0.05) is 18.3 Å². The number of anilines is 2. The van der Waals surface area contributed by atoms with Crippen LogP contribution in [0.5, 0.6) is 11.5 Å². The molecule has 0 atom stereocenters. The minimum atomic E-state index is -0.0618. The topological polar surface area (TPSA) is 73.6 Å². The number of carbonyl (C=O) groups excluding carboxylic acids is 1. The zero-order chi connectivity index (χ0) is 17.4. The van der Waals surface area contributed by atoms with Gasteiger partial charge in [-0.1, -0.05) is 14.9 Å². The highest BCUT2D eigenvalue weighted by atomic mass is 16.5. The quantitative estimate of drug-likeness (QED) is 0.780. The summed E-state index contributed by atoms with van der Waals surface area (Å²) in [6.45, 7) is 5.37. The van der Waals surface area contributed by atoms with Gasteiger partial charge in [0.2, 0.25) is 5.91 Å². The number of methoxy groups -OCH3 is 2. The van der Waals surface area contributed by atoms with Crippen LogP contribution < -0.4 is 20.5 Å². The average Bonchev–Trinajstić information content (AvgIpc) is 2.52. The van der Waals surface area contributed by atoms with Crippen LogP contribution in [0.1, 0.15) is 32.9 Å². The number of aryl methyl sites for hydroxylation is 2. The highest BCUT2D eigenvalue weighted by molar-refractivity contribution is 5.89. The largest absolute Gasteiger partial charge is 0.497 e. The van der Waals surface area contributed by atoms with E-state index < -0.39 is 0 Å². The number of benzene rings is 2. The second-order valence-electron chi connectivity index (χ2n) is 5.08. The molecule has 0 spiro atoms. The number of hydrogen-bond acceptors (Lipinski definition) is 4. The molecular formula is C20H32N2O3. The Labute approximate surface area is 152 Å². The van der Waals surface area contributed by atoms with Gasteiger partial charge < -0.3 is 20.5 Å². The van der Waals surface area contributed by atoms with Crippen LogP contribution in [0, 0.1) is 13.8 Å². The molecule has 0 aliphatic heterocycles. The molecule has 5 nitrogen and oxygen atoms in total. The molecular weight excluding hydrogens is 316 g/mol. The van der Waals surface area contributed by atoms with Crippen LogP contribution in [0.2, 0.25) is 0 Å². The van der Waals surface area contributed by atoms with Gasteiger partial charge in [-0.3, -0.25) is 4.79 Å². The van der Waals surface area contributed by atoms with E-state index in [1.807, 2.05) is 50.2 Å². The van der Waals surface area contributed by atoms with Gasteiger partial charge in [0.1, 0.15) is 11.5 Å². The van der Waals surface area contributed by atoms with Crippen molar-refractivity contribution in [1.29, 1.82) is 0 Å². The van der Waals surface area contributed by atoms with Gasteiger partial charge in [-0.2, -0.15) is 0 Å². The fourth-order valence-electron chi connectivity index (χ4n) is 1.87. The molecule has 0 radical (unpaired) electrons. The van der Waals surface area contributed by atoms with Crippen molar-refractivity contribution in [1.82, 2.24) is 0 Å². The van der Waals surface area contributed by atoms with Crippen LogP contribution in [0.4, 0.5) is 11.4 Å². The molecule has 0 aliphatic carbocycles. The third-order valence-electron chi connectivity index (χ3n) is 3.22. The summed E-state index contributed by atoms with van der Waals surface area (Å²) in [7, 11) is 3.26. The first-order chi connectivity index (χ1) is 10.9. The van der Waals surface area contributed by atoms with Crippen molar-refractivity contribution in [2.45, 2.75) is 35.6 Å². The molecule has 0 unspecified atom stereocenters. The first-order valence-corrected chi connectivity index (χ1v) is 7.19. The Balaban J connectivity index is 0. The normalized spacial score (nSPS) is 8.68. The molecule has 5 heteroatoms. The fraction of sp³-hybridized carbons (Fsp3) is 0.350. The van der Waals surface area contributed by atoms with Gasteiger partial charge in [0.25, 0.3) is 0 Å². The summed E-state index contributed by atoms with van der Waals surface area (Å²) in [5.74, 6) is 1.59. The molecule has 1 amide bonds. The molecule has 0 saturated heterocycles. The lowest BCUT2D eigenvalue weighted by Crippen LogP contribution is -2.06. The Kier molecular flexibility index (Phi) is 11.6. The predicted octanol–water partition coefficient (Wildman–Crippen LogP) is 4.82. The Hall–Kier alpha value is -2.69. The Morgan fingerprint density at radius 1 is 0.920 bits per heavy atom. The van der Waals surface area contributed by atoms with Gasteiger partial charge in [0.15, 0.2) is 0 Å². The van der Waals surface area contributed by atoms with E-state index in [1.165, 1.54) is 6.92 Å². The van der Waals surface area contributed by atoms with Crippen molar-refractivity contribution < 1.29 is 14.3 Å². The number of nitrogens with two attached hydrogens (primary N) is 1. The molecule has 0 heterocycles. The summed E-state index contributed by atoms with van der Waals surface area (Å²) in [6, 6.07) is 11.1. The van der Waals surface area contributed by atoms with E-state index in [-0.39, 0.29) is 20.8 Å². The first kappa shape index (κ1) is 24.6. The third-order valence-corrected chi connectivity index (χ3v) is 3.22. The SMILES string of the molecule is C.C.COc1ccc(N)c(C)c1.COc1ccc(NC(C)=O)c(C)c1. The molecule has 3 N–H and O–H groups in total. The van der Waals surface area contributed by atoms with Crippen LogP contribution in [-0.2, 0) is 4.79 Å². The third kappa shape index (κ3) is 8.11.